The lowest BCUT2D eigenvalue weighted by atomic mass is 10.1. The minimum atomic E-state index is -0.0662. The van der Waals surface area contributed by atoms with E-state index in [1.807, 2.05) is 6.07 Å². The van der Waals surface area contributed by atoms with Crippen LogP contribution in [0, 0.1) is 11.3 Å². The predicted octanol–water partition coefficient (Wildman–Crippen LogP) is 2.46. The number of anilines is 1. The van der Waals surface area contributed by atoms with Crippen molar-refractivity contribution in [2.75, 3.05) is 19.0 Å². The van der Waals surface area contributed by atoms with Gasteiger partial charge in [0.15, 0.2) is 0 Å². The van der Waals surface area contributed by atoms with Gasteiger partial charge in [0, 0.05) is 19.1 Å². The average molecular weight is 274 g/mol. The second-order valence-corrected chi connectivity index (χ2v) is 4.75. The predicted molar refractivity (Wildman–Crippen MR) is 74.5 cm³/mol. The van der Waals surface area contributed by atoms with Crippen molar-refractivity contribution in [3.05, 3.63) is 23.8 Å². The molecule has 1 heterocycles. The Balaban J connectivity index is 1.91. The van der Waals surface area contributed by atoms with Crippen molar-refractivity contribution in [2.24, 2.45) is 0 Å². The summed E-state index contributed by atoms with van der Waals surface area (Å²) in [6.45, 7) is 0.801. The highest BCUT2D eigenvalue weighted by molar-refractivity contribution is 5.92. The number of hydrogen-bond donors (Lipinski definition) is 1. The number of nitrogens with one attached hydrogen (secondary N) is 1. The highest BCUT2D eigenvalue weighted by Gasteiger charge is 2.17. The van der Waals surface area contributed by atoms with Crippen LogP contribution in [-0.4, -0.2) is 25.7 Å². The molecule has 20 heavy (non-hydrogen) atoms. The normalized spacial score (nSPS) is 17.5. The molecule has 1 aliphatic rings. The van der Waals surface area contributed by atoms with E-state index in [0.717, 1.165) is 25.9 Å². The number of methoxy groups -OCH3 is 1. The Bertz CT molecular complexity index is 516. The molecule has 1 N–H and O–H groups in total. The molecule has 1 unspecified atom stereocenters. The summed E-state index contributed by atoms with van der Waals surface area (Å²) in [7, 11) is 1.51. The number of hydrogen-bond acceptors (Lipinski definition) is 4. The molecule has 0 spiro atoms. The molecule has 1 saturated heterocycles. The van der Waals surface area contributed by atoms with E-state index in [0.29, 0.717) is 23.4 Å². The first kappa shape index (κ1) is 14.4. The van der Waals surface area contributed by atoms with Crippen LogP contribution in [-0.2, 0) is 9.53 Å². The second-order valence-electron chi connectivity index (χ2n) is 4.75. The van der Waals surface area contributed by atoms with E-state index in [-0.39, 0.29) is 12.0 Å². The summed E-state index contributed by atoms with van der Waals surface area (Å²) >= 11 is 0. The second kappa shape index (κ2) is 6.92. The van der Waals surface area contributed by atoms with Crippen molar-refractivity contribution in [1.82, 2.24) is 0 Å². The van der Waals surface area contributed by atoms with Crippen molar-refractivity contribution >= 4 is 11.6 Å². The van der Waals surface area contributed by atoms with Crippen molar-refractivity contribution in [3.63, 3.8) is 0 Å². The molecule has 0 aliphatic carbocycles. The summed E-state index contributed by atoms with van der Waals surface area (Å²) < 4.78 is 10.7. The first-order chi connectivity index (χ1) is 9.72. The van der Waals surface area contributed by atoms with E-state index in [1.54, 1.807) is 18.2 Å². The molecular formula is C15H18N2O3. The Labute approximate surface area is 118 Å². The van der Waals surface area contributed by atoms with Crippen LogP contribution in [0.4, 0.5) is 5.69 Å². The van der Waals surface area contributed by atoms with Gasteiger partial charge in [-0.15, -0.1) is 0 Å². The molecule has 0 aromatic heterocycles. The van der Waals surface area contributed by atoms with E-state index >= 15 is 0 Å². The first-order valence-corrected chi connectivity index (χ1v) is 6.72. The van der Waals surface area contributed by atoms with Crippen LogP contribution in [0.15, 0.2) is 18.2 Å². The molecule has 1 aromatic carbocycles. The van der Waals surface area contributed by atoms with Crippen LogP contribution in [0.1, 0.15) is 31.2 Å². The number of nitriles is 1. The SMILES string of the molecule is COc1cc(C#N)ccc1NC(=O)CCC1CCCO1. The molecular weight excluding hydrogens is 256 g/mol. The van der Waals surface area contributed by atoms with Gasteiger partial charge in [0.25, 0.3) is 0 Å². The third-order valence-corrected chi connectivity index (χ3v) is 3.32. The fourth-order valence-corrected chi connectivity index (χ4v) is 2.24. The molecule has 106 valence electrons. The fraction of sp³-hybridized carbons (Fsp3) is 0.467. The van der Waals surface area contributed by atoms with E-state index in [9.17, 15) is 4.79 Å². The van der Waals surface area contributed by atoms with Crippen LogP contribution in [0.3, 0.4) is 0 Å². The van der Waals surface area contributed by atoms with Gasteiger partial charge in [-0.25, -0.2) is 0 Å². The zero-order chi connectivity index (χ0) is 14.4. The van der Waals surface area contributed by atoms with Crippen molar-refractivity contribution in [1.29, 1.82) is 5.26 Å². The van der Waals surface area contributed by atoms with E-state index in [2.05, 4.69) is 5.32 Å². The molecule has 0 radical (unpaired) electrons. The number of rotatable bonds is 5. The monoisotopic (exact) mass is 274 g/mol. The summed E-state index contributed by atoms with van der Waals surface area (Å²) in [6, 6.07) is 6.97. The molecule has 5 nitrogen and oxygen atoms in total. The zero-order valence-corrected chi connectivity index (χ0v) is 11.5. The lowest BCUT2D eigenvalue weighted by molar-refractivity contribution is -0.116. The summed E-state index contributed by atoms with van der Waals surface area (Å²) in [5, 5.41) is 11.6. The van der Waals surface area contributed by atoms with Crippen molar-refractivity contribution in [3.8, 4) is 11.8 Å². The van der Waals surface area contributed by atoms with Gasteiger partial charge in [-0.2, -0.15) is 5.26 Å². The number of benzene rings is 1. The molecule has 5 heteroatoms. The Morgan fingerprint density at radius 2 is 2.45 bits per heavy atom. The smallest absolute Gasteiger partial charge is 0.224 e. The maximum atomic E-state index is 11.9. The number of carbonyl (C=O) groups is 1. The third kappa shape index (κ3) is 3.72. The van der Waals surface area contributed by atoms with E-state index < -0.39 is 0 Å². The summed E-state index contributed by atoms with van der Waals surface area (Å²) in [5.74, 6) is 0.429. The third-order valence-electron chi connectivity index (χ3n) is 3.32. The summed E-state index contributed by atoms with van der Waals surface area (Å²) in [4.78, 5) is 11.9. The minimum absolute atomic E-state index is 0.0662. The summed E-state index contributed by atoms with van der Waals surface area (Å²) in [6.07, 6.45) is 3.49. The van der Waals surface area contributed by atoms with Crippen LogP contribution in [0.2, 0.25) is 0 Å². The lowest BCUT2D eigenvalue weighted by Crippen LogP contribution is -2.15. The molecule has 1 aromatic rings. The van der Waals surface area contributed by atoms with Crippen molar-refractivity contribution < 1.29 is 14.3 Å². The van der Waals surface area contributed by atoms with Gasteiger partial charge in [0.2, 0.25) is 5.91 Å². The molecule has 0 bridgehead atoms. The Hall–Kier alpha value is -2.06. The molecule has 0 saturated carbocycles. The maximum absolute atomic E-state index is 11.9. The van der Waals surface area contributed by atoms with Crippen molar-refractivity contribution in [2.45, 2.75) is 31.8 Å². The summed E-state index contributed by atoms with van der Waals surface area (Å²) in [5.41, 5.74) is 1.09. The Morgan fingerprint density at radius 3 is 3.10 bits per heavy atom. The zero-order valence-electron chi connectivity index (χ0n) is 11.5. The van der Waals surface area contributed by atoms with Crippen LogP contribution in [0.5, 0.6) is 5.75 Å². The van der Waals surface area contributed by atoms with Gasteiger partial charge < -0.3 is 14.8 Å². The van der Waals surface area contributed by atoms with Crippen LogP contribution < -0.4 is 10.1 Å². The molecule has 1 fully saturated rings. The largest absolute Gasteiger partial charge is 0.495 e. The van der Waals surface area contributed by atoms with Gasteiger partial charge in [0.1, 0.15) is 5.75 Å². The fourth-order valence-electron chi connectivity index (χ4n) is 2.24. The number of ether oxygens (including phenoxy) is 2. The average Bonchev–Trinajstić information content (AvgIpc) is 2.99. The minimum Gasteiger partial charge on any atom is -0.495 e. The molecule has 1 aliphatic heterocycles. The van der Waals surface area contributed by atoms with Gasteiger partial charge in [-0.05, 0) is 31.4 Å². The number of amides is 1. The standard InChI is InChI=1S/C15H18N2O3/c1-19-14-9-11(10-16)4-6-13(14)17-15(18)7-5-12-3-2-8-20-12/h4,6,9,12H,2-3,5,7-8H2,1H3,(H,17,18). The topological polar surface area (TPSA) is 71.3 Å². The maximum Gasteiger partial charge on any atom is 0.224 e. The van der Waals surface area contributed by atoms with E-state index in [1.165, 1.54) is 7.11 Å². The van der Waals surface area contributed by atoms with Gasteiger partial charge in [0.05, 0.1) is 30.5 Å². The van der Waals surface area contributed by atoms with Crippen LogP contribution in [0.25, 0.3) is 0 Å². The molecule has 2 rings (SSSR count). The van der Waals surface area contributed by atoms with E-state index in [4.69, 9.17) is 14.7 Å². The van der Waals surface area contributed by atoms with Gasteiger partial charge in [-0.3, -0.25) is 4.79 Å². The first-order valence-electron chi connectivity index (χ1n) is 6.72. The molecule has 1 atom stereocenters. The number of nitrogens with zero attached hydrogens (tertiary/aromatic N) is 1. The Morgan fingerprint density at radius 1 is 1.60 bits per heavy atom. The van der Waals surface area contributed by atoms with Gasteiger partial charge >= 0.3 is 0 Å². The van der Waals surface area contributed by atoms with Crippen LogP contribution >= 0.6 is 0 Å². The molecule has 1 amide bonds. The van der Waals surface area contributed by atoms with Gasteiger partial charge in [-0.1, -0.05) is 0 Å². The lowest BCUT2D eigenvalue weighted by Gasteiger charge is -2.12. The Kier molecular flexibility index (Phi) is 4.97. The highest BCUT2D eigenvalue weighted by atomic mass is 16.5. The number of carbonyl (C=O) groups excluding carboxylic acids is 1. The quantitative estimate of drug-likeness (QED) is 0.895. The highest BCUT2D eigenvalue weighted by Crippen LogP contribution is 2.26.